The number of para-hydroxylation sites is 1. The highest BCUT2D eigenvalue weighted by Crippen LogP contribution is 2.33. The first-order chi connectivity index (χ1) is 19.6. The van der Waals surface area contributed by atoms with Crippen LogP contribution >= 0.6 is 8.60 Å². The van der Waals surface area contributed by atoms with Crippen LogP contribution in [0.5, 0.6) is 5.75 Å². The molecule has 0 saturated carbocycles. The SMILES string of the molecule is CCCCCCCCCCCCCCCCCCOc1ccccc1CC(COP(O)OCC[NH2+]C)OC(C)=O. The Balaban J connectivity index is 2.18. The van der Waals surface area contributed by atoms with Crippen LogP contribution in [0, 0.1) is 0 Å². The summed E-state index contributed by atoms with van der Waals surface area (Å²) in [6.45, 7) is 5.52. The van der Waals surface area contributed by atoms with Crippen LogP contribution < -0.4 is 10.1 Å². The van der Waals surface area contributed by atoms with E-state index in [1.165, 1.54) is 103 Å². The van der Waals surface area contributed by atoms with Crippen molar-refractivity contribution in [3.8, 4) is 5.75 Å². The van der Waals surface area contributed by atoms with Gasteiger partial charge in [0.2, 0.25) is 0 Å². The van der Waals surface area contributed by atoms with Crippen LogP contribution in [0.1, 0.15) is 122 Å². The maximum Gasteiger partial charge on any atom is 0.330 e. The van der Waals surface area contributed by atoms with E-state index in [0.717, 1.165) is 24.3 Å². The molecule has 8 heteroatoms. The molecular formula is C32H59NO6P+. The summed E-state index contributed by atoms with van der Waals surface area (Å²) in [4.78, 5) is 21.6. The predicted molar refractivity (Wildman–Crippen MR) is 165 cm³/mol. The monoisotopic (exact) mass is 584 g/mol. The number of benzene rings is 1. The summed E-state index contributed by atoms with van der Waals surface area (Å²) in [5, 5.41) is 1.96. The van der Waals surface area contributed by atoms with Crippen LogP contribution in [0.25, 0.3) is 0 Å². The maximum atomic E-state index is 11.6. The normalized spacial score (nSPS) is 12.8. The molecule has 0 radical (unpaired) electrons. The van der Waals surface area contributed by atoms with Gasteiger partial charge in [-0.3, -0.25) is 4.79 Å². The van der Waals surface area contributed by atoms with E-state index < -0.39 is 14.7 Å². The zero-order chi connectivity index (χ0) is 29.1. The predicted octanol–water partition coefficient (Wildman–Crippen LogP) is 7.25. The molecule has 2 unspecified atom stereocenters. The third kappa shape index (κ3) is 21.5. The lowest BCUT2D eigenvalue weighted by Crippen LogP contribution is -2.80. The molecule has 0 aliphatic carbocycles. The van der Waals surface area contributed by atoms with Crippen molar-refractivity contribution in [3.05, 3.63) is 29.8 Å². The summed E-state index contributed by atoms with van der Waals surface area (Å²) in [5.41, 5.74) is 0.956. The molecule has 232 valence electrons. The second kappa shape index (κ2) is 26.6. The van der Waals surface area contributed by atoms with Gasteiger partial charge in [-0.25, -0.2) is 0 Å². The first kappa shape index (κ1) is 36.8. The molecule has 0 bridgehead atoms. The van der Waals surface area contributed by atoms with Gasteiger partial charge in [-0.1, -0.05) is 121 Å². The van der Waals surface area contributed by atoms with Crippen molar-refractivity contribution in [1.29, 1.82) is 0 Å². The smallest absolute Gasteiger partial charge is 0.330 e. The highest BCUT2D eigenvalue weighted by atomic mass is 31.2. The molecule has 0 saturated heterocycles. The Bertz CT molecular complexity index is 722. The minimum absolute atomic E-state index is 0.0606. The summed E-state index contributed by atoms with van der Waals surface area (Å²) >= 11 is 0. The van der Waals surface area contributed by atoms with Crippen molar-refractivity contribution in [2.45, 2.75) is 129 Å². The van der Waals surface area contributed by atoms with Gasteiger partial charge in [-0.15, -0.1) is 0 Å². The standard InChI is InChI=1S/C32H58NO6P/c1-4-5-6-7-8-9-10-11-12-13-14-15-16-17-18-21-25-36-32-23-20-19-22-30(32)27-31(39-29(2)34)28-38-40(35)37-26-24-33-3/h19-20,22-23,31,33,35H,4-18,21,24-28H2,1-3H3/p+1. The molecule has 2 atom stereocenters. The molecule has 40 heavy (non-hydrogen) atoms. The molecule has 1 rings (SSSR count). The largest absolute Gasteiger partial charge is 0.493 e. The molecule has 0 fully saturated rings. The van der Waals surface area contributed by atoms with Gasteiger partial charge in [0, 0.05) is 13.3 Å². The number of hydrogen-bond acceptors (Lipinski definition) is 6. The number of carbonyl (C=O) groups is 1. The number of likely N-dealkylation sites (N-methyl/N-ethyl adjacent to an activating group) is 1. The molecule has 0 aliphatic rings. The van der Waals surface area contributed by atoms with Crippen LogP contribution in [0.2, 0.25) is 0 Å². The Hall–Kier alpha value is -1.24. The van der Waals surface area contributed by atoms with Gasteiger partial charge in [0.1, 0.15) is 18.5 Å². The number of ether oxygens (including phenoxy) is 2. The zero-order valence-corrected chi connectivity index (χ0v) is 26.6. The number of nitrogens with two attached hydrogens (primary N) is 1. The van der Waals surface area contributed by atoms with Crippen molar-refractivity contribution >= 4 is 14.6 Å². The Morgan fingerprint density at radius 1 is 0.825 bits per heavy atom. The molecule has 0 aromatic heterocycles. The van der Waals surface area contributed by atoms with Gasteiger partial charge in [0.05, 0.1) is 26.8 Å². The number of hydrogen-bond donors (Lipinski definition) is 2. The summed E-state index contributed by atoms with van der Waals surface area (Å²) in [6, 6.07) is 7.84. The van der Waals surface area contributed by atoms with Crippen LogP contribution in [-0.4, -0.2) is 50.4 Å². The Morgan fingerprint density at radius 3 is 1.93 bits per heavy atom. The third-order valence-electron chi connectivity index (χ3n) is 6.99. The van der Waals surface area contributed by atoms with E-state index in [0.29, 0.717) is 19.6 Å². The van der Waals surface area contributed by atoms with E-state index in [1.54, 1.807) is 0 Å². The van der Waals surface area contributed by atoms with Gasteiger partial charge in [0.15, 0.2) is 0 Å². The van der Waals surface area contributed by atoms with E-state index in [4.69, 9.17) is 18.5 Å². The molecule has 3 N–H and O–H groups in total. The topological polar surface area (TPSA) is 90.8 Å². The number of quaternary nitrogens is 1. The first-order valence-electron chi connectivity index (χ1n) is 16.0. The zero-order valence-electron chi connectivity index (χ0n) is 25.7. The van der Waals surface area contributed by atoms with Crippen molar-refractivity contribution in [3.63, 3.8) is 0 Å². The van der Waals surface area contributed by atoms with E-state index in [-0.39, 0.29) is 12.6 Å². The van der Waals surface area contributed by atoms with Crippen molar-refractivity contribution in [2.75, 3.05) is 33.4 Å². The lowest BCUT2D eigenvalue weighted by Gasteiger charge is -2.20. The van der Waals surface area contributed by atoms with Crippen molar-refractivity contribution < 1.29 is 33.5 Å². The van der Waals surface area contributed by atoms with E-state index in [1.807, 2.05) is 36.6 Å². The Morgan fingerprint density at radius 2 is 1.38 bits per heavy atom. The second-order valence-corrected chi connectivity index (χ2v) is 11.8. The number of esters is 1. The number of carbonyl (C=O) groups excluding carboxylic acids is 1. The first-order valence-corrected chi connectivity index (χ1v) is 17.1. The van der Waals surface area contributed by atoms with E-state index >= 15 is 0 Å². The summed E-state index contributed by atoms with van der Waals surface area (Å²) in [5.74, 6) is 0.422. The van der Waals surface area contributed by atoms with Gasteiger partial charge in [0.25, 0.3) is 0 Å². The molecule has 0 amide bonds. The molecule has 7 nitrogen and oxygen atoms in total. The van der Waals surface area contributed by atoms with Crippen LogP contribution in [0.4, 0.5) is 0 Å². The average Bonchev–Trinajstić information content (AvgIpc) is 2.94. The van der Waals surface area contributed by atoms with Gasteiger partial charge in [-0.2, -0.15) is 0 Å². The van der Waals surface area contributed by atoms with Crippen LogP contribution in [-0.2, 0) is 25.0 Å². The molecule has 0 heterocycles. The quantitative estimate of drug-likeness (QED) is 0.0613. The van der Waals surface area contributed by atoms with Gasteiger partial charge < -0.3 is 28.7 Å². The van der Waals surface area contributed by atoms with Gasteiger partial charge in [-0.05, 0) is 18.1 Å². The van der Waals surface area contributed by atoms with Crippen LogP contribution in [0.3, 0.4) is 0 Å². The highest BCUT2D eigenvalue weighted by molar-refractivity contribution is 7.40. The van der Waals surface area contributed by atoms with Gasteiger partial charge >= 0.3 is 14.6 Å². The molecule has 1 aromatic carbocycles. The number of unbranched alkanes of at least 4 members (excludes halogenated alkanes) is 15. The van der Waals surface area contributed by atoms with Crippen LogP contribution in [0.15, 0.2) is 24.3 Å². The molecular weight excluding hydrogens is 525 g/mol. The van der Waals surface area contributed by atoms with Crippen molar-refractivity contribution in [1.82, 2.24) is 0 Å². The molecule has 1 aromatic rings. The average molecular weight is 585 g/mol. The maximum absolute atomic E-state index is 11.6. The van der Waals surface area contributed by atoms with E-state index in [9.17, 15) is 9.69 Å². The second-order valence-electron chi connectivity index (χ2n) is 10.8. The number of rotatable bonds is 28. The Kier molecular flexibility index (Phi) is 24.5. The summed E-state index contributed by atoms with van der Waals surface area (Å²) in [6.07, 6.45) is 21.5. The fourth-order valence-electron chi connectivity index (χ4n) is 4.69. The lowest BCUT2D eigenvalue weighted by atomic mass is 10.0. The highest BCUT2D eigenvalue weighted by Gasteiger charge is 2.19. The minimum Gasteiger partial charge on any atom is -0.493 e. The van der Waals surface area contributed by atoms with E-state index in [2.05, 4.69) is 6.92 Å². The lowest BCUT2D eigenvalue weighted by molar-refractivity contribution is -0.627. The molecule has 0 aliphatic heterocycles. The summed E-state index contributed by atoms with van der Waals surface area (Å²) < 4.78 is 22.2. The third-order valence-corrected chi connectivity index (χ3v) is 7.76. The minimum atomic E-state index is -2.00. The Labute approximate surface area is 246 Å². The fourth-order valence-corrected chi connectivity index (χ4v) is 5.32. The fraction of sp³-hybridized carbons (Fsp3) is 0.781. The molecule has 0 spiro atoms. The van der Waals surface area contributed by atoms with Crippen molar-refractivity contribution in [2.24, 2.45) is 0 Å². The summed E-state index contributed by atoms with van der Waals surface area (Å²) in [7, 11) is -0.0702.